The molecule has 9 heteroatoms. The summed E-state index contributed by atoms with van der Waals surface area (Å²) < 4.78 is 22.1. The lowest BCUT2D eigenvalue weighted by Crippen LogP contribution is -2.48. The van der Waals surface area contributed by atoms with Crippen molar-refractivity contribution < 1.29 is 23.4 Å². The summed E-state index contributed by atoms with van der Waals surface area (Å²) in [5, 5.41) is 2.74. The maximum absolute atomic E-state index is 12.8. The van der Waals surface area contributed by atoms with Crippen molar-refractivity contribution in [2.45, 2.75) is 19.9 Å². The van der Waals surface area contributed by atoms with Crippen LogP contribution in [0.3, 0.4) is 0 Å². The van der Waals surface area contributed by atoms with Gasteiger partial charge >= 0.3 is 0 Å². The van der Waals surface area contributed by atoms with Crippen molar-refractivity contribution in [3.05, 3.63) is 46.7 Å². The van der Waals surface area contributed by atoms with Gasteiger partial charge < -0.3 is 23.5 Å². The van der Waals surface area contributed by atoms with Gasteiger partial charge in [0.15, 0.2) is 22.3 Å². The Morgan fingerprint density at radius 3 is 2.42 bits per heavy atom. The average Bonchev–Trinajstić information content (AvgIpc) is 3.47. The number of carbonyl (C=O) groups excluding carboxylic acids is 1. The summed E-state index contributed by atoms with van der Waals surface area (Å²) in [6.45, 7) is 5.56. The molecule has 3 heterocycles. The number of rotatable bonds is 8. The number of ether oxygens (including phenoxy) is 3. The van der Waals surface area contributed by atoms with Crippen LogP contribution in [0.5, 0.6) is 17.2 Å². The number of aromatic nitrogens is 1. The lowest BCUT2D eigenvalue weighted by Gasteiger charge is -2.35. The molecular weight excluding hydrogens is 442 g/mol. The number of amides is 1. The SMILES string of the molecule is COc1ccc(CN2CCN(C(=O)Cc3csc(-c4ccc(C)o4)n3)CC2)c(OC)c1OC. The van der Waals surface area contributed by atoms with Gasteiger partial charge in [-0.2, -0.15) is 0 Å². The fraction of sp³-hybridized carbons (Fsp3) is 0.417. The Hall–Kier alpha value is -3.04. The molecule has 1 aliphatic heterocycles. The predicted octanol–water partition coefficient (Wildman–Crippen LogP) is 3.62. The van der Waals surface area contributed by atoms with Crippen LogP contribution in [0.2, 0.25) is 0 Å². The highest BCUT2D eigenvalue weighted by molar-refractivity contribution is 7.13. The minimum atomic E-state index is 0.103. The lowest BCUT2D eigenvalue weighted by molar-refractivity contribution is -0.132. The standard InChI is InChI=1S/C24H29N3O5S/c1-16-5-7-20(32-16)24-25-18(15-33-24)13-21(28)27-11-9-26(10-12-27)14-17-6-8-19(29-2)23(31-4)22(17)30-3/h5-8,15H,9-14H2,1-4H3. The molecule has 0 N–H and O–H groups in total. The van der Waals surface area contributed by atoms with Gasteiger partial charge in [-0.15, -0.1) is 11.3 Å². The summed E-state index contributed by atoms with van der Waals surface area (Å²) in [5.74, 6) is 3.61. The first kappa shape index (κ1) is 23.1. The van der Waals surface area contributed by atoms with E-state index >= 15 is 0 Å². The highest BCUT2D eigenvalue weighted by Crippen LogP contribution is 2.40. The second-order valence-electron chi connectivity index (χ2n) is 7.88. The molecule has 0 bridgehead atoms. The number of furan rings is 1. The molecule has 0 aliphatic carbocycles. The Kier molecular flexibility index (Phi) is 7.20. The van der Waals surface area contributed by atoms with Gasteiger partial charge in [0.1, 0.15) is 5.76 Å². The molecule has 3 aromatic rings. The van der Waals surface area contributed by atoms with Gasteiger partial charge in [0, 0.05) is 43.7 Å². The van der Waals surface area contributed by atoms with Crippen LogP contribution >= 0.6 is 11.3 Å². The molecule has 0 spiro atoms. The van der Waals surface area contributed by atoms with Crippen LogP contribution in [0.25, 0.3) is 10.8 Å². The van der Waals surface area contributed by atoms with Crippen molar-refractivity contribution in [2.75, 3.05) is 47.5 Å². The summed E-state index contributed by atoms with van der Waals surface area (Å²) in [5.41, 5.74) is 1.81. The molecule has 2 aromatic heterocycles. The van der Waals surface area contributed by atoms with Gasteiger partial charge in [-0.1, -0.05) is 6.07 Å². The number of carbonyl (C=O) groups is 1. The van der Waals surface area contributed by atoms with Crippen LogP contribution in [0.1, 0.15) is 17.0 Å². The van der Waals surface area contributed by atoms with Crippen molar-refractivity contribution in [3.63, 3.8) is 0 Å². The van der Waals surface area contributed by atoms with E-state index in [1.165, 1.54) is 11.3 Å². The summed E-state index contributed by atoms with van der Waals surface area (Å²) in [4.78, 5) is 21.6. The third-order valence-corrected chi connectivity index (χ3v) is 6.65. The predicted molar refractivity (Wildman–Crippen MR) is 126 cm³/mol. The average molecular weight is 472 g/mol. The molecule has 1 aliphatic rings. The van der Waals surface area contributed by atoms with Gasteiger partial charge in [0.05, 0.1) is 33.4 Å². The number of nitrogens with zero attached hydrogens (tertiary/aromatic N) is 3. The normalized spacial score (nSPS) is 14.4. The van der Waals surface area contributed by atoms with Gasteiger partial charge in [0.2, 0.25) is 11.7 Å². The molecule has 4 rings (SSSR count). The molecule has 1 amide bonds. The van der Waals surface area contributed by atoms with E-state index in [-0.39, 0.29) is 5.91 Å². The Balaban J connectivity index is 1.33. The van der Waals surface area contributed by atoms with Crippen molar-refractivity contribution >= 4 is 17.2 Å². The fourth-order valence-corrected chi connectivity index (χ4v) is 4.78. The smallest absolute Gasteiger partial charge is 0.228 e. The quantitative estimate of drug-likeness (QED) is 0.497. The van der Waals surface area contributed by atoms with Crippen molar-refractivity contribution in [2.24, 2.45) is 0 Å². The number of thiazole rings is 1. The summed E-state index contributed by atoms with van der Waals surface area (Å²) in [6, 6.07) is 7.71. The van der Waals surface area contributed by atoms with E-state index in [2.05, 4.69) is 9.88 Å². The van der Waals surface area contributed by atoms with Crippen molar-refractivity contribution in [1.29, 1.82) is 0 Å². The first-order chi connectivity index (χ1) is 16.0. The van der Waals surface area contributed by atoms with Crippen LogP contribution in [0.15, 0.2) is 34.1 Å². The lowest BCUT2D eigenvalue weighted by atomic mass is 10.1. The fourth-order valence-electron chi connectivity index (χ4n) is 4.00. The number of piperazine rings is 1. The number of hydrogen-bond acceptors (Lipinski definition) is 8. The van der Waals surface area contributed by atoms with Crippen molar-refractivity contribution in [3.8, 4) is 28.0 Å². The third kappa shape index (κ3) is 5.15. The molecule has 1 saturated heterocycles. The summed E-state index contributed by atoms with van der Waals surface area (Å²) >= 11 is 1.50. The largest absolute Gasteiger partial charge is 0.493 e. The van der Waals surface area contributed by atoms with Gasteiger partial charge in [-0.3, -0.25) is 9.69 Å². The van der Waals surface area contributed by atoms with Gasteiger partial charge in [-0.25, -0.2) is 4.98 Å². The number of aryl methyl sites for hydroxylation is 1. The Bertz CT molecular complexity index is 1100. The van der Waals surface area contributed by atoms with E-state index < -0.39 is 0 Å². The molecule has 33 heavy (non-hydrogen) atoms. The minimum absolute atomic E-state index is 0.103. The van der Waals surface area contributed by atoms with E-state index in [1.54, 1.807) is 21.3 Å². The Morgan fingerprint density at radius 2 is 1.79 bits per heavy atom. The number of hydrogen-bond donors (Lipinski definition) is 0. The van der Waals surface area contributed by atoms with E-state index in [0.717, 1.165) is 40.9 Å². The van der Waals surface area contributed by atoms with E-state index in [1.807, 2.05) is 41.5 Å². The Labute approximate surface area is 197 Å². The molecule has 8 nitrogen and oxygen atoms in total. The first-order valence-electron chi connectivity index (χ1n) is 10.8. The molecule has 0 atom stereocenters. The summed E-state index contributed by atoms with van der Waals surface area (Å²) in [6.07, 6.45) is 0.305. The second-order valence-corrected chi connectivity index (χ2v) is 8.74. The zero-order chi connectivity index (χ0) is 23.4. The zero-order valence-corrected chi connectivity index (χ0v) is 20.2. The molecule has 1 aromatic carbocycles. The third-order valence-electron chi connectivity index (χ3n) is 5.74. The van der Waals surface area contributed by atoms with Crippen LogP contribution in [0.4, 0.5) is 0 Å². The van der Waals surface area contributed by atoms with Gasteiger partial charge in [0.25, 0.3) is 0 Å². The molecule has 0 saturated carbocycles. The second kappa shape index (κ2) is 10.3. The molecular formula is C24H29N3O5S. The van der Waals surface area contributed by atoms with E-state index in [4.69, 9.17) is 18.6 Å². The number of methoxy groups -OCH3 is 3. The monoisotopic (exact) mass is 471 g/mol. The van der Waals surface area contributed by atoms with Gasteiger partial charge in [-0.05, 0) is 25.1 Å². The molecule has 1 fully saturated rings. The van der Waals surface area contributed by atoms with Crippen LogP contribution in [-0.4, -0.2) is 68.2 Å². The molecule has 0 radical (unpaired) electrons. The Morgan fingerprint density at radius 1 is 1.03 bits per heavy atom. The molecule has 0 unspecified atom stereocenters. The first-order valence-corrected chi connectivity index (χ1v) is 11.7. The van der Waals surface area contributed by atoms with Crippen LogP contribution in [-0.2, 0) is 17.8 Å². The van der Waals surface area contributed by atoms with Crippen LogP contribution in [0, 0.1) is 6.92 Å². The molecule has 176 valence electrons. The highest BCUT2D eigenvalue weighted by Gasteiger charge is 2.24. The summed E-state index contributed by atoms with van der Waals surface area (Å²) in [7, 11) is 4.85. The number of benzene rings is 1. The maximum atomic E-state index is 12.8. The van der Waals surface area contributed by atoms with Crippen molar-refractivity contribution in [1.82, 2.24) is 14.8 Å². The highest BCUT2D eigenvalue weighted by atomic mass is 32.1. The maximum Gasteiger partial charge on any atom is 0.228 e. The topological polar surface area (TPSA) is 77.3 Å². The van der Waals surface area contributed by atoms with Crippen LogP contribution < -0.4 is 14.2 Å². The minimum Gasteiger partial charge on any atom is -0.493 e. The van der Waals surface area contributed by atoms with E-state index in [0.29, 0.717) is 43.3 Å². The zero-order valence-electron chi connectivity index (χ0n) is 19.4. The van der Waals surface area contributed by atoms with E-state index in [9.17, 15) is 4.79 Å².